The SMILES string of the molecule is COc1ccc(OC)c(CNC(=O)c2cccc(N3C(=O)CCC3=O)c2)c1. The highest BCUT2D eigenvalue weighted by atomic mass is 16.5. The van der Waals surface area contributed by atoms with Crippen LogP contribution in [0.5, 0.6) is 11.5 Å². The van der Waals surface area contributed by atoms with Crippen molar-refractivity contribution in [2.75, 3.05) is 19.1 Å². The van der Waals surface area contributed by atoms with Crippen molar-refractivity contribution in [1.29, 1.82) is 0 Å². The fraction of sp³-hybridized carbons (Fsp3) is 0.250. The highest BCUT2D eigenvalue weighted by Gasteiger charge is 2.30. The van der Waals surface area contributed by atoms with Crippen LogP contribution in [0.2, 0.25) is 0 Å². The summed E-state index contributed by atoms with van der Waals surface area (Å²) in [7, 11) is 3.12. The number of rotatable bonds is 6. The van der Waals surface area contributed by atoms with Crippen molar-refractivity contribution in [3.05, 3.63) is 53.6 Å². The molecule has 3 amide bonds. The van der Waals surface area contributed by atoms with Crippen molar-refractivity contribution in [3.63, 3.8) is 0 Å². The first-order valence-corrected chi connectivity index (χ1v) is 8.48. The third kappa shape index (κ3) is 3.92. The molecule has 0 spiro atoms. The first kappa shape index (κ1) is 18.4. The lowest BCUT2D eigenvalue weighted by Crippen LogP contribution is -2.29. The van der Waals surface area contributed by atoms with E-state index in [0.29, 0.717) is 22.7 Å². The maximum atomic E-state index is 12.5. The van der Waals surface area contributed by atoms with Crippen LogP contribution in [-0.2, 0) is 16.1 Å². The number of ether oxygens (including phenoxy) is 2. The zero-order valence-corrected chi connectivity index (χ0v) is 15.2. The van der Waals surface area contributed by atoms with Gasteiger partial charge in [0.15, 0.2) is 0 Å². The summed E-state index contributed by atoms with van der Waals surface area (Å²) in [6, 6.07) is 11.8. The van der Waals surface area contributed by atoms with Gasteiger partial charge in [0, 0.05) is 30.5 Å². The van der Waals surface area contributed by atoms with Gasteiger partial charge in [0.25, 0.3) is 5.91 Å². The third-order valence-corrected chi connectivity index (χ3v) is 4.35. The largest absolute Gasteiger partial charge is 0.497 e. The maximum Gasteiger partial charge on any atom is 0.251 e. The molecule has 27 heavy (non-hydrogen) atoms. The van der Waals surface area contributed by atoms with Gasteiger partial charge in [0.1, 0.15) is 11.5 Å². The second-order valence-electron chi connectivity index (χ2n) is 6.03. The predicted molar refractivity (Wildman–Crippen MR) is 98.9 cm³/mol. The van der Waals surface area contributed by atoms with Crippen LogP contribution in [0.1, 0.15) is 28.8 Å². The van der Waals surface area contributed by atoms with Crippen LogP contribution < -0.4 is 19.7 Å². The van der Waals surface area contributed by atoms with Gasteiger partial charge in [-0.3, -0.25) is 19.3 Å². The highest BCUT2D eigenvalue weighted by molar-refractivity contribution is 6.20. The number of hydrogen-bond acceptors (Lipinski definition) is 5. The van der Waals surface area contributed by atoms with Gasteiger partial charge in [0.05, 0.1) is 19.9 Å². The molecule has 1 heterocycles. The molecule has 1 fully saturated rings. The summed E-state index contributed by atoms with van der Waals surface area (Å²) in [4.78, 5) is 37.4. The van der Waals surface area contributed by atoms with E-state index in [4.69, 9.17) is 9.47 Å². The van der Waals surface area contributed by atoms with Crippen molar-refractivity contribution < 1.29 is 23.9 Å². The van der Waals surface area contributed by atoms with Crippen molar-refractivity contribution in [3.8, 4) is 11.5 Å². The summed E-state index contributed by atoms with van der Waals surface area (Å²) in [5, 5.41) is 2.82. The molecule has 0 radical (unpaired) electrons. The van der Waals surface area contributed by atoms with E-state index in [0.717, 1.165) is 10.5 Å². The van der Waals surface area contributed by atoms with E-state index in [2.05, 4.69) is 5.32 Å². The normalized spacial score (nSPS) is 13.6. The van der Waals surface area contributed by atoms with Crippen LogP contribution in [0.4, 0.5) is 5.69 Å². The summed E-state index contributed by atoms with van der Waals surface area (Å²) in [5.74, 6) is 0.476. The molecule has 140 valence electrons. The summed E-state index contributed by atoms with van der Waals surface area (Å²) in [5.41, 5.74) is 1.54. The van der Waals surface area contributed by atoms with Gasteiger partial charge in [-0.1, -0.05) is 6.07 Å². The lowest BCUT2D eigenvalue weighted by molar-refractivity contribution is -0.121. The quantitative estimate of drug-likeness (QED) is 0.791. The fourth-order valence-electron chi connectivity index (χ4n) is 2.95. The number of imide groups is 1. The first-order chi connectivity index (χ1) is 13.0. The Morgan fingerprint density at radius 3 is 2.44 bits per heavy atom. The second kappa shape index (κ2) is 7.90. The standard InChI is InChI=1S/C20H20N2O5/c1-26-16-6-7-17(27-2)14(11-16)12-21-20(25)13-4-3-5-15(10-13)22-18(23)8-9-19(22)24/h3-7,10-11H,8-9,12H2,1-2H3,(H,21,25). The van der Waals surface area contributed by atoms with Crippen LogP contribution in [0.15, 0.2) is 42.5 Å². The Morgan fingerprint density at radius 2 is 1.78 bits per heavy atom. The van der Waals surface area contributed by atoms with Crippen molar-refractivity contribution in [2.24, 2.45) is 0 Å². The van der Waals surface area contributed by atoms with E-state index in [9.17, 15) is 14.4 Å². The van der Waals surface area contributed by atoms with Gasteiger partial charge >= 0.3 is 0 Å². The molecule has 0 aliphatic carbocycles. The molecule has 0 atom stereocenters. The minimum Gasteiger partial charge on any atom is -0.497 e. The van der Waals surface area contributed by atoms with Crippen LogP contribution in [-0.4, -0.2) is 31.9 Å². The van der Waals surface area contributed by atoms with Crippen molar-refractivity contribution >= 4 is 23.4 Å². The van der Waals surface area contributed by atoms with Crippen molar-refractivity contribution in [2.45, 2.75) is 19.4 Å². The number of anilines is 1. The van der Waals surface area contributed by atoms with Gasteiger partial charge in [0.2, 0.25) is 11.8 Å². The number of amides is 3. The summed E-state index contributed by atoms with van der Waals surface area (Å²) < 4.78 is 10.5. The van der Waals surface area contributed by atoms with Crippen LogP contribution in [0, 0.1) is 0 Å². The van der Waals surface area contributed by atoms with Gasteiger partial charge < -0.3 is 14.8 Å². The average molecular weight is 368 g/mol. The van der Waals surface area contributed by atoms with E-state index >= 15 is 0 Å². The number of hydrogen-bond donors (Lipinski definition) is 1. The lowest BCUT2D eigenvalue weighted by atomic mass is 10.1. The van der Waals surface area contributed by atoms with Crippen molar-refractivity contribution in [1.82, 2.24) is 5.32 Å². The molecular formula is C20H20N2O5. The van der Waals surface area contributed by atoms with E-state index in [1.54, 1.807) is 56.7 Å². The molecular weight excluding hydrogens is 348 g/mol. The number of benzene rings is 2. The Morgan fingerprint density at radius 1 is 1.04 bits per heavy atom. The Balaban J connectivity index is 1.75. The Kier molecular flexibility index (Phi) is 5.40. The van der Waals surface area contributed by atoms with E-state index < -0.39 is 0 Å². The second-order valence-corrected chi connectivity index (χ2v) is 6.03. The molecule has 0 saturated carbocycles. The summed E-state index contributed by atoms with van der Waals surface area (Å²) in [6.45, 7) is 0.241. The molecule has 7 nitrogen and oxygen atoms in total. The molecule has 7 heteroatoms. The number of nitrogens with zero attached hydrogens (tertiary/aromatic N) is 1. The van der Waals surface area contributed by atoms with Gasteiger partial charge in [-0.2, -0.15) is 0 Å². The number of nitrogens with one attached hydrogen (secondary N) is 1. The topological polar surface area (TPSA) is 84.9 Å². The lowest BCUT2D eigenvalue weighted by Gasteiger charge is -2.15. The molecule has 0 aromatic heterocycles. The number of methoxy groups -OCH3 is 2. The molecule has 0 unspecified atom stereocenters. The molecule has 2 aromatic carbocycles. The van der Waals surface area contributed by atoms with E-state index in [1.807, 2.05) is 0 Å². The molecule has 0 bridgehead atoms. The zero-order chi connectivity index (χ0) is 19.4. The van der Waals surface area contributed by atoms with Crippen LogP contribution in [0.3, 0.4) is 0 Å². The molecule has 1 N–H and O–H groups in total. The zero-order valence-electron chi connectivity index (χ0n) is 15.2. The monoisotopic (exact) mass is 368 g/mol. The van der Waals surface area contributed by atoms with Crippen LogP contribution >= 0.6 is 0 Å². The Labute approximate surface area is 156 Å². The number of carbonyl (C=O) groups excluding carboxylic acids is 3. The predicted octanol–water partition coefficient (Wildman–Crippen LogP) is 2.29. The number of carbonyl (C=O) groups is 3. The molecule has 1 aliphatic rings. The summed E-state index contributed by atoms with van der Waals surface area (Å²) >= 11 is 0. The van der Waals surface area contributed by atoms with Gasteiger partial charge in [-0.05, 0) is 36.4 Å². The van der Waals surface area contributed by atoms with Gasteiger partial charge in [-0.25, -0.2) is 0 Å². The third-order valence-electron chi connectivity index (χ3n) is 4.35. The Bertz CT molecular complexity index is 878. The van der Waals surface area contributed by atoms with Crippen LogP contribution in [0.25, 0.3) is 0 Å². The van der Waals surface area contributed by atoms with E-state index in [1.165, 1.54) is 0 Å². The average Bonchev–Trinajstić information content (AvgIpc) is 3.04. The van der Waals surface area contributed by atoms with E-state index in [-0.39, 0.29) is 37.1 Å². The minimum absolute atomic E-state index is 0.199. The summed E-state index contributed by atoms with van der Waals surface area (Å²) in [6.07, 6.45) is 0.399. The molecule has 1 saturated heterocycles. The fourth-order valence-corrected chi connectivity index (χ4v) is 2.95. The minimum atomic E-state index is -0.319. The molecule has 3 rings (SSSR count). The first-order valence-electron chi connectivity index (χ1n) is 8.48. The molecule has 1 aliphatic heterocycles. The molecule has 2 aromatic rings. The maximum absolute atomic E-state index is 12.5. The smallest absolute Gasteiger partial charge is 0.251 e. The highest BCUT2D eigenvalue weighted by Crippen LogP contribution is 2.25. The van der Waals surface area contributed by atoms with Gasteiger partial charge in [-0.15, -0.1) is 0 Å². The Hall–Kier alpha value is -3.35.